The summed E-state index contributed by atoms with van der Waals surface area (Å²) in [5.74, 6) is 3.31. The molecule has 1 aromatic heterocycles. The van der Waals surface area contributed by atoms with E-state index >= 15 is 0 Å². The molecule has 0 bridgehead atoms. The first-order valence-corrected chi connectivity index (χ1v) is 11.7. The predicted molar refractivity (Wildman–Crippen MR) is 127 cm³/mol. The second-order valence-electron chi connectivity index (χ2n) is 8.88. The summed E-state index contributed by atoms with van der Waals surface area (Å²) in [6.45, 7) is 8.48. The van der Waals surface area contributed by atoms with Gasteiger partial charge in [0, 0.05) is 52.0 Å². The number of β-amino-alcohol motifs (C(OH)–C–C–N with tert-alkyl or cyclic N) is 1. The standard InChI is InChI=1S/C25H36N4O3/c1-31-23-7-9-24(10-8-23)32-20-22(30)19-28-12-4-5-21(18-28)17-27-13-15-29(16-14-27)25-6-2-3-11-26-25/h2-3,6-11,21-22,30H,4-5,12-20H2,1H3. The van der Waals surface area contributed by atoms with Crippen LogP contribution < -0.4 is 14.4 Å². The van der Waals surface area contributed by atoms with Crippen molar-refractivity contribution in [2.75, 3.05) is 71.0 Å². The fourth-order valence-electron chi connectivity index (χ4n) is 4.75. The Bertz CT molecular complexity index is 797. The van der Waals surface area contributed by atoms with Crippen molar-refractivity contribution >= 4 is 5.82 Å². The monoisotopic (exact) mass is 440 g/mol. The van der Waals surface area contributed by atoms with Crippen molar-refractivity contribution in [1.29, 1.82) is 0 Å². The third-order valence-electron chi connectivity index (χ3n) is 6.44. The van der Waals surface area contributed by atoms with Crippen molar-refractivity contribution in [1.82, 2.24) is 14.8 Å². The van der Waals surface area contributed by atoms with E-state index in [9.17, 15) is 5.11 Å². The maximum atomic E-state index is 10.5. The first kappa shape index (κ1) is 22.8. The minimum Gasteiger partial charge on any atom is -0.497 e. The largest absolute Gasteiger partial charge is 0.497 e. The van der Waals surface area contributed by atoms with Crippen LogP contribution in [0.3, 0.4) is 0 Å². The summed E-state index contributed by atoms with van der Waals surface area (Å²) in [4.78, 5) is 11.9. The second kappa shape index (κ2) is 11.5. The Hall–Kier alpha value is -2.35. The van der Waals surface area contributed by atoms with Gasteiger partial charge in [0.05, 0.1) is 7.11 Å². The van der Waals surface area contributed by atoms with Crippen molar-refractivity contribution in [3.05, 3.63) is 48.7 Å². The molecule has 2 unspecified atom stereocenters. The molecule has 7 nitrogen and oxygen atoms in total. The third kappa shape index (κ3) is 6.58. The van der Waals surface area contributed by atoms with Crippen LogP contribution in [-0.4, -0.2) is 92.1 Å². The van der Waals surface area contributed by atoms with E-state index in [1.165, 1.54) is 12.8 Å². The topological polar surface area (TPSA) is 61.3 Å². The number of hydrogen-bond donors (Lipinski definition) is 1. The first-order chi connectivity index (χ1) is 15.7. The molecule has 2 saturated heterocycles. The molecule has 7 heteroatoms. The number of anilines is 1. The van der Waals surface area contributed by atoms with Gasteiger partial charge in [-0.1, -0.05) is 6.07 Å². The Morgan fingerprint density at radius 2 is 1.78 bits per heavy atom. The molecule has 3 heterocycles. The van der Waals surface area contributed by atoms with Gasteiger partial charge in [-0.05, 0) is 61.7 Å². The lowest BCUT2D eigenvalue weighted by molar-refractivity contribution is 0.0461. The number of methoxy groups -OCH3 is 1. The van der Waals surface area contributed by atoms with Gasteiger partial charge in [-0.15, -0.1) is 0 Å². The fourth-order valence-corrected chi connectivity index (χ4v) is 4.75. The van der Waals surface area contributed by atoms with Crippen molar-refractivity contribution in [2.45, 2.75) is 18.9 Å². The molecule has 174 valence electrons. The van der Waals surface area contributed by atoms with Gasteiger partial charge in [-0.2, -0.15) is 0 Å². The molecule has 32 heavy (non-hydrogen) atoms. The number of piperazine rings is 1. The third-order valence-corrected chi connectivity index (χ3v) is 6.44. The SMILES string of the molecule is COc1ccc(OCC(O)CN2CCCC(CN3CCN(c4ccccn4)CC3)C2)cc1. The molecular weight excluding hydrogens is 404 g/mol. The van der Waals surface area contributed by atoms with Crippen LogP contribution in [-0.2, 0) is 0 Å². The van der Waals surface area contributed by atoms with Crippen LogP contribution >= 0.6 is 0 Å². The number of nitrogens with zero attached hydrogens (tertiary/aromatic N) is 4. The highest BCUT2D eigenvalue weighted by Crippen LogP contribution is 2.21. The minimum absolute atomic E-state index is 0.309. The summed E-state index contributed by atoms with van der Waals surface area (Å²) in [7, 11) is 1.65. The van der Waals surface area contributed by atoms with Gasteiger partial charge >= 0.3 is 0 Å². The Morgan fingerprint density at radius 1 is 1.00 bits per heavy atom. The van der Waals surface area contributed by atoms with Crippen LogP contribution in [0.4, 0.5) is 5.82 Å². The zero-order valence-electron chi connectivity index (χ0n) is 19.1. The van der Waals surface area contributed by atoms with Gasteiger partial charge in [0.1, 0.15) is 30.0 Å². The van der Waals surface area contributed by atoms with Crippen molar-refractivity contribution < 1.29 is 14.6 Å². The lowest BCUT2D eigenvalue weighted by Gasteiger charge is -2.40. The molecule has 2 aliphatic heterocycles. The van der Waals surface area contributed by atoms with Crippen molar-refractivity contribution in [2.24, 2.45) is 5.92 Å². The van der Waals surface area contributed by atoms with E-state index in [1.54, 1.807) is 7.11 Å². The van der Waals surface area contributed by atoms with Crippen LogP contribution in [0.2, 0.25) is 0 Å². The molecule has 2 aromatic rings. The highest BCUT2D eigenvalue weighted by Gasteiger charge is 2.25. The van der Waals surface area contributed by atoms with Gasteiger partial charge < -0.3 is 24.4 Å². The second-order valence-corrected chi connectivity index (χ2v) is 8.88. The van der Waals surface area contributed by atoms with Gasteiger partial charge in [0.2, 0.25) is 0 Å². The van der Waals surface area contributed by atoms with Crippen LogP contribution in [0.25, 0.3) is 0 Å². The highest BCUT2D eigenvalue weighted by molar-refractivity contribution is 5.38. The molecule has 0 spiro atoms. The van der Waals surface area contributed by atoms with E-state index in [0.717, 1.165) is 63.1 Å². The molecule has 4 rings (SSSR count). The molecule has 1 aromatic carbocycles. The molecule has 0 amide bonds. The smallest absolute Gasteiger partial charge is 0.128 e. The van der Waals surface area contributed by atoms with E-state index in [-0.39, 0.29) is 0 Å². The number of ether oxygens (including phenoxy) is 2. The molecule has 0 saturated carbocycles. The zero-order chi connectivity index (χ0) is 22.2. The van der Waals surface area contributed by atoms with Crippen LogP contribution in [0.5, 0.6) is 11.5 Å². The summed E-state index contributed by atoms with van der Waals surface area (Å²) in [5.41, 5.74) is 0. The first-order valence-electron chi connectivity index (χ1n) is 11.7. The minimum atomic E-state index is -0.488. The number of rotatable bonds is 9. The highest BCUT2D eigenvalue weighted by atomic mass is 16.5. The Kier molecular flexibility index (Phi) is 8.20. The van der Waals surface area contributed by atoms with Crippen LogP contribution in [0.1, 0.15) is 12.8 Å². The normalized spacial score (nSPS) is 21.3. The Morgan fingerprint density at radius 3 is 2.50 bits per heavy atom. The average Bonchev–Trinajstić information content (AvgIpc) is 2.84. The van der Waals surface area contributed by atoms with Gasteiger partial charge in [-0.25, -0.2) is 4.98 Å². The molecule has 2 atom stereocenters. The van der Waals surface area contributed by atoms with E-state index < -0.39 is 6.10 Å². The van der Waals surface area contributed by atoms with Crippen LogP contribution in [0.15, 0.2) is 48.7 Å². The van der Waals surface area contributed by atoms with Crippen LogP contribution in [0, 0.1) is 5.92 Å². The average molecular weight is 441 g/mol. The number of likely N-dealkylation sites (tertiary alicyclic amines) is 1. The maximum Gasteiger partial charge on any atom is 0.128 e. The number of hydrogen-bond acceptors (Lipinski definition) is 7. The summed E-state index contributed by atoms with van der Waals surface area (Å²) in [6.07, 6.45) is 3.85. The Balaban J connectivity index is 1.16. The summed E-state index contributed by atoms with van der Waals surface area (Å²) in [6, 6.07) is 13.6. The molecular formula is C25H36N4O3. The zero-order valence-corrected chi connectivity index (χ0v) is 19.1. The van der Waals surface area contributed by atoms with Gasteiger partial charge in [-0.3, -0.25) is 4.90 Å². The van der Waals surface area contributed by atoms with E-state index in [1.807, 2.05) is 36.5 Å². The number of pyridine rings is 1. The summed E-state index contributed by atoms with van der Waals surface area (Å²) in [5, 5.41) is 10.5. The number of benzene rings is 1. The molecule has 0 aliphatic carbocycles. The molecule has 1 N–H and O–H groups in total. The maximum absolute atomic E-state index is 10.5. The number of aromatic nitrogens is 1. The molecule has 2 fully saturated rings. The molecule has 2 aliphatic rings. The fraction of sp³-hybridized carbons (Fsp3) is 0.560. The van der Waals surface area contributed by atoms with E-state index in [2.05, 4.69) is 31.8 Å². The van der Waals surface area contributed by atoms with Crippen molar-refractivity contribution in [3.8, 4) is 11.5 Å². The van der Waals surface area contributed by atoms with E-state index in [4.69, 9.17) is 9.47 Å². The van der Waals surface area contributed by atoms with Crippen molar-refractivity contribution in [3.63, 3.8) is 0 Å². The predicted octanol–water partition coefficient (Wildman–Crippen LogP) is 2.36. The quantitative estimate of drug-likeness (QED) is 0.642. The number of aliphatic hydroxyl groups is 1. The summed E-state index contributed by atoms with van der Waals surface area (Å²) < 4.78 is 10.9. The number of piperidine rings is 1. The number of aliphatic hydroxyl groups excluding tert-OH is 1. The summed E-state index contributed by atoms with van der Waals surface area (Å²) >= 11 is 0. The van der Waals surface area contributed by atoms with Gasteiger partial charge in [0.25, 0.3) is 0 Å². The molecule has 0 radical (unpaired) electrons. The Labute approximate surface area is 191 Å². The van der Waals surface area contributed by atoms with Gasteiger partial charge in [0.15, 0.2) is 0 Å². The van der Waals surface area contributed by atoms with E-state index in [0.29, 0.717) is 19.1 Å². The lowest BCUT2D eigenvalue weighted by atomic mass is 9.97. The lowest BCUT2D eigenvalue weighted by Crippen LogP contribution is -2.50.